The van der Waals surface area contributed by atoms with Crippen molar-refractivity contribution in [3.63, 3.8) is 0 Å². The average molecular weight is 329 g/mol. The van der Waals surface area contributed by atoms with Gasteiger partial charge in [-0.05, 0) is 41.8 Å². The predicted molar refractivity (Wildman–Crippen MR) is 83.0 cm³/mol. The zero-order valence-corrected chi connectivity index (χ0v) is 13.4. The van der Waals surface area contributed by atoms with Crippen molar-refractivity contribution in [1.82, 2.24) is 4.90 Å². The summed E-state index contributed by atoms with van der Waals surface area (Å²) in [4.78, 5) is 3.89. The summed E-state index contributed by atoms with van der Waals surface area (Å²) in [5.41, 5.74) is 7.86. The first kappa shape index (κ1) is 14.3. The second kappa shape index (κ2) is 6.33. The third-order valence-corrected chi connectivity index (χ3v) is 5.38. The second-order valence-corrected chi connectivity index (χ2v) is 6.84. The highest BCUT2D eigenvalue weighted by molar-refractivity contribution is 9.10. The summed E-state index contributed by atoms with van der Waals surface area (Å²) in [5.74, 6) is 0. The molecule has 0 saturated carbocycles. The van der Waals surface area contributed by atoms with Crippen LogP contribution in [0.1, 0.15) is 37.6 Å². The Kier molecular flexibility index (Phi) is 5.01. The molecule has 0 saturated heterocycles. The van der Waals surface area contributed by atoms with Crippen molar-refractivity contribution in [1.29, 1.82) is 0 Å². The van der Waals surface area contributed by atoms with Gasteiger partial charge in [-0.3, -0.25) is 4.90 Å². The van der Waals surface area contributed by atoms with Crippen LogP contribution in [0, 0.1) is 0 Å². The summed E-state index contributed by atoms with van der Waals surface area (Å²) >= 11 is 5.35. The van der Waals surface area contributed by atoms with E-state index in [-0.39, 0.29) is 6.04 Å². The number of rotatable bonds is 4. The smallest absolute Gasteiger partial charge is 0.0596 e. The van der Waals surface area contributed by atoms with Crippen LogP contribution in [0.25, 0.3) is 0 Å². The molecular formula is C14H21BrN2S. The molecule has 0 aliphatic carbocycles. The zero-order valence-electron chi connectivity index (χ0n) is 11.0. The Morgan fingerprint density at radius 1 is 1.56 bits per heavy atom. The van der Waals surface area contributed by atoms with Crippen LogP contribution in [0.4, 0.5) is 0 Å². The standard InChI is InChI=1S/C14H21BrN2S/c1-3-12(16)14(13-8-11(15)9-18-13)17-6-4-10(2)5-7-17/h4,8-9,12,14H,3,5-7,16H2,1-2H3. The molecule has 2 nitrogen and oxygen atoms in total. The minimum Gasteiger partial charge on any atom is -0.326 e. The van der Waals surface area contributed by atoms with Crippen LogP contribution in [0.5, 0.6) is 0 Å². The topological polar surface area (TPSA) is 29.3 Å². The van der Waals surface area contributed by atoms with Gasteiger partial charge in [-0.1, -0.05) is 18.6 Å². The second-order valence-electron chi connectivity index (χ2n) is 4.98. The number of thiophene rings is 1. The van der Waals surface area contributed by atoms with E-state index in [9.17, 15) is 0 Å². The Morgan fingerprint density at radius 3 is 2.83 bits per heavy atom. The van der Waals surface area contributed by atoms with Crippen molar-refractivity contribution in [3.8, 4) is 0 Å². The molecule has 0 aromatic carbocycles. The molecule has 100 valence electrons. The number of nitrogens with two attached hydrogens (primary N) is 1. The molecule has 1 aromatic heterocycles. The van der Waals surface area contributed by atoms with Crippen LogP contribution in [0.15, 0.2) is 27.6 Å². The summed E-state index contributed by atoms with van der Waals surface area (Å²) in [6.45, 7) is 6.54. The first-order valence-electron chi connectivity index (χ1n) is 6.51. The summed E-state index contributed by atoms with van der Waals surface area (Å²) in [6.07, 6.45) is 4.51. The van der Waals surface area contributed by atoms with Crippen LogP contribution in [0.3, 0.4) is 0 Å². The van der Waals surface area contributed by atoms with Gasteiger partial charge in [-0.15, -0.1) is 11.3 Å². The van der Waals surface area contributed by atoms with Gasteiger partial charge in [0, 0.05) is 33.9 Å². The van der Waals surface area contributed by atoms with Crippen molar-refractivity contribution in [2.24, 2.45) is 5.73 Å². The maximum absolute atomic E-state index is 6.35. The number of halogens is 1. The Balaban J connectivity index is 2.20. The number of nitrogens with zero attached hydrogens (tertiary/aromatic N) is 1. The molecule has 2 heterocycles. The van der Waals surface area contributed by atoms with E-state index in [0.717, 1.165) is 19.5 Å². The Morgan fingerprint density at radius 2 is 2.33 bits per heavy atom. The summed E-state index contributed by atoms with van der Waals surface area (Å²) in [6, 6.07) is 2.79. The van der Waals surface area contributed by atoms with E-state index in [0.29, 0.717) is 6.04 Å². The molecule has 1 aliphatic heterocycles. The lowest BCUT2D eigenvalue weighted by atomic mass is 10.00. The molecular weight excluding hydrogens is 308 g/mol. The highest BCUT2D eigenvalue weighted by Crippen LogP contribution is 2.33. The molecule has 0 spiro atoms. The van der Waals surface area contributed by atoms with E-state index in [1.54, 1.807) is 11.3 Å². The van der Waals surface area contributed by atoms with E-state index >= 15 is 0 Å². The van der Waals surface area contributed by atoms with Crippen LogP contribution in [-0.4, -0.2) is 24.0 Å². The summed E-state index contributed by atoms with van der Waals surface area (Å²) < 4.78 is 1.17. The fourth-order valence-corrected chi connectivity index (χ4v) is 4.06. The zero-order chi connectivity index (χ0) is 13.1. The van der Waals surface area contributed by atoms with Crippen molar-refractivity contribution in [2.45, 2.75) is 38.8 Å². The Hall–Kier alpha value is -0.160. The summed E-state index contributed by atoms with van der Waals surface area (Å²) in [7, 11) is 0. The first-order valence-corrected chi connectivity index (χ1v) is 8.18. The molecule has 2 atom stereocenters. The van der Waals surface area contributed by atoms with Gasteiger partial charge in [0.05, 0.1) is 6.04 Å². The third kappa shape index (κ3) is 3.23. The minimum absolute atomic E-state index is 0.211. The first-order chi connectivity index (χ1) is 8.61. The van der Waals surface area contributed by atoms with Crippen molar-refractivity contribution in [2.75, 3.05) is 13.1 Å². The molecule has 2 unspecified atom stereocenters. The van der Waals surface area contributed by atoms with Crippen molar-refractivity contribution >= 4 is 27.3 Å². The minimum atomic E-state index is 0.211. The lowest BCUT2D eigenvalue weighted by Crippen LogP contribution is -2.42. The summed E-state index contributed by atoms with van der Waals surface area (Å²) in [5, 5.41) is 2.15. The van der Waals surface area contributed by atoms with Crippen LogP contribution in [-0.2, 0) is 0 Å². The van der Waals surface area contributed by atoms with E-state index in [1.165, 1.54) is 21.3 Å². The van der Waals surface area contributed by atoms with Gasteiger partial charge >= 0.3 is 0 Å². The molecule has 2 N–H and O–H groups in total. The fourth-order valence-electron chi connectivity index (χ4n) is 2.41. The largest absolute Gasteiger partial charge is 0.326 e. The maximum atomic E-state index is 6.35. The molecule has 2 rings (SSSR count). The number of hydrogen-bond acceptors (Lipinski definition) is 3. The molecule has 1 aliphatic rings. The molecule has 0 amide bonds. The van der Waals surface area contributed by atoms with Gasteiger partial charge in [0.1, 0.15) is 0 Å². The van der Waals surface area contributed by atoms with Gasteiger partial charge in [0.25, 0.3) is 0 Å². The molecule has 0 fully saturated rings. The van der Waals surface area contributed by atoms with Crippen molar-refractivity contribution in [3.05, 3.63) is 32.4 Å². The SMILES string of the molecule is CCC(N)C(c1cc(Br)cs1)N1CC=C(C)CC1. The molecule has 4 heteroatoms. The lowest BCUT2D eigenvalue weighted by Gasteiger charge is -2.36. The molecule has 1 aromatic rings. The molecule has 0 radical (unpaired) electrons. The van der Waals surface area contributed by atoms with Gasteiger partial charge < -0.3 is 5.73 Å². The maximum Gasteiger partial charge on any atom is 0.0596 e. The van der Waals surface area contributed by atoms with Gasteiger partial charge in [0.15, 0.2) is 0 Å². The Labute approximate surface area is 122 Å². The van der Waals surface area contributed by atoms with Gasteiger partial charge in [-0.25, -0.2) is 0 Å². The van der Waals surface area contributed by atoms with E-state index < -0.39 is 0 Å². The quantitative estimate of drug-likeness (QED) is 0.848. The molecule has 18 heavy (non-hydrogen) atoms. The average Bonchev–Trinajstić information content (AvgIpc) is 2.78. The monoisotopic (exact) mass is 328 g/mol. The highest BCUT2D eigenvalue weighted by Gasteiger charge is 2.27. The van der Waals surface area contributed by atoms with Crippen molar-refractivity contribution < 1.29 is 0 Å². The van der Waals surface area contributed by atoms with E-state index in [1.807, 2.05) is 0 Å². The fraction of sp³-hybridized carbons (Fsp3) is 0.571. The van der Waals surface area contributed by atoms with Crippen LogP contribution >= 0.6 is 27.3 Å². The van der Waals surface area contributed by atoms with Gasteiger partial charge in [0.2, 0.25) is 0 Å². The number of hydrogen-bond donors (Lipinski definition) is 1. The normalized spacial score (nSPS) is 20.6. The lowest BCUT2D eigenvalue weighted by molar-refractivity contribution is 0.185. The third-order valence-electron chi connectivity index (χ3n) is 3.62. The predicted octanol–water partition coefficient (Wildman–Crippen LogP) is 3.94. The van der Waals surface area contributed by atoms with Crippen LogP contribution in [0.2, 0.25) is 0 Å². The Bertz CT molecular complexity index is 427. The highest BCUT2D eigenvalue weighted by atomic mass is 79.9. The molecule has 0 bridgehead atoms. The van der Waals surface area contributed by atoms with Crippen LogP contribution < -0.4 is 5.73 Å². The van der Waals surface area contributed by atoms with E-state index in [4.69, 9.17) is 5.73 Å². The van der Waals surface area contributed by atoms with E-state index in [2.05, 4.69) is 52.2 Å². The van der Waals surface area contributed by atoms with Gasteiger partial charge in [-0.2, -0.15) is 0 Å².